The monoisotopic (exact) mass is 219 g/mol. The Morgan fingerprint density at radius 3 is 2.87 bits per heavy atom. The van der Waals surface area contributed by atoms with Gasteiger partial charge in [0.2, 0.25) is 0 Å². The van der Waals surface area contributed by atoms with Crippen molar-refractivity contribution in [1.82, 2.24) is 9.97 Å². The van der Waals surface area contributed by atoms with Gasteiger partial charge in [-0.05, 0) is 31.5 Å². The molecule has 2 heterocycles. The van der Waals surface area contributed by atoms with E-state index in [4.69, 9.17) is 0 Å². The van der Waals surface area contributed by atoms with Gasteiger partial charge in [0.1, 0.15) is 5.82 Å². The van der Waals surface area contributed by atoms with E-state index in [0.29, 0.717) is 0 Å². The second kappa shape index (κ2) is 4.40. The van der Waals surface area contributed by atoms with Gasteiger partial charge in [-0.15, -0.1) is 11.3 Å². The third kappa shape index (κ3) is 2.76. The minimum absolute atomic E-state index is 0.736. The highest BCUT2D eigenvalue weighted by Crippen LogP contribution is 2.10. The van der Waals surface area contributed by atoms with Crippen LogP contribution in [0.4, 0.5) is 5.82 Å². The quantitative estimate of drug-likeness (QED) is 0.862. The van der Waals surface area contributed by atoms with Crippen LogP contribution >= 0.6 is 11.3 Å². The Balaban J connectivity index is 2.05. The smallest absolute Gasteiger partial charge is 0.126 e. The first kappa shape index (κ1) is 10.1. The van der Waals surface area contributed by atoms with Gasteiger partial charge in [-0.2, -0.15) is 0 Å². The molecule has 0 saturated heterocycles. The zero-order chi connectivity index (χ0) is 10.7. The van der Waals surface area contributed by atoms with Crippen LogP contribution in [0.1, 0.15) is 17.0 Å². The first-order valence-electron chi connectivity index (χ1n) is 4.80. The van der Waals surface area contributed by atoms with Crippen LogP contribution in [0, 0.1) is 13.8 Å². The maximum atomic E-state index is 4.40. The molecule has 78 valence electrons. The molecule has 0 aliphatic carbocycles. The summed E-state index contributed by atoms with van der Waals surface area (Å²) in [4.78, 5) is 8.60. The fourth-order valence-electron chi connectivity index (χ4n) is 1.44. The molecule has 0 bridgehead atoms. The third-order valence-corrected chi connectivity index (χ3v) is 2.67. The number of aryl methyl sites for hydroxylation is 2. The lowest BCUT2D eigenvalue weighted by atomic mass is 10.2. The minimum atomic E-state index is 0.736. The zero-order valence-electron chi connectivity index (χ0n) is 8.82. The lowest BCUT2D eigenvalue weighted by Crippen LogP contribution is -2.02. The number of hydrogen-bond acceptors (Lipinski definition) is 4. The summed E-state index contributed by atoms with van der Waals surface area (Å²) in [5.74, 6) is 0.917. The van der Waals surface area contributed by atoms with Crippen LogP contribution in [-0.2, 0) is 6.54 Å². The number of nitrogens with zero attached hydrogens (tertiary/aromatic N) is 2. The SMILES string of the molecule is Cc1cc(C)nc(NCc2cscn2)c1. The molecular formula is C11H13N3S. The van der Waals surface area contributed by atoms with Crippen molar-refractivity contribution in [2.45, 2.75) is 20.4 Å². The topological polar surface area (TPSA) is 37.8 Å². The highest BCUT2D eigenvalue weighted by molar-refractivity contribution is 7.07. The summed E-state index contributed by atoms with van der Waals surface area (Å²) in [7, 11) is 0. The van der Waals surface area contributed by atoms with E-state index in [0.717, 1.165) is 23.8 Å². The second-order valence-corrected chi connectivity index (χ2v) is 4.22. The second-order valence-electron chi connectivity index (χ2n) is 3.50. The number of pyridine rings is 1. The highest BCUT2D eigenvalue weighted by Gasteiger charge is 1.98. The molecule has 0 unspecified atom stereocenters. The molecule has 2 rings (SSSR count). The van der Waals surface area contributed by atoms with Crippen molar-refractivity contribution in [1.29, 1.82) is 0 Å². The fraction of sp³-hybridized carbons (Fsp3) is 0.273. The standard InChI is InChI=1S/C11H13N3S/c1-8-3-9(2)14-11(4-8)12-5-10-6-15-7-13-10/h3-4,6-7H,5H2,1-2H3,(H,12,14). The molecule has 0 aliphatic rings. The number of rotatable bonds is 3. The van der Waals surface area contributed by atoms with E-state index in [2.05, 4.69) is 28.3 Å². The summed E-state index contributed by atoms with van der Waals surface area (Å²) in [6.45, 7) is 4.81. The van der Waals surface area contributed by atoms with Crippen LogP contribution < -0.4 is 5.32 Å². The van der Waals surface area contributed by atoms with Crippen molar-refractivity contribution in [3.05, 3.63) is 40.0 Å². The van der Waals surface area contributed by atoms with Crippen LogP contribution in [0.15, 0.2) is 23.0 Å². The number of nitrogens with one attached hydrogen (secondary N) is 1. The molecule has 2 aromatic heterocycles. The Labute approximate surface area is 93.2 Å². The van der Waals surface area contributed by atoms with Crippen molar-refractivity contribution >= 4 is 17.2 Å². The molecule has 0 aliphatic heterocycles. The van der Waals surface area contributed by atoms with Crippen LogP contribution in [-0.4, -0.2) is 9.97 Å². The van der Waals surface area contributed by atoms with E-state index in [-0.39, 0.29) is 0 Å². The van der Waals surface area contributed by atoms with Crippen LogP contribution in [0.3, 0.4) is 0 Å². The lowest BCUT2D eigenvalue weighted by Gasteiger charge is -2.05. The van der Waals surface area contributed by atoms with Crippen LogP contribution in [0.25, 0.3) is 0 Å². The van der Waals surface area contributed by atoms with E-state index >= 15 is 0 Å². The van der Waals surface area contributed by atoms with Gasteiger partial charge in [0.15, 0.2) is 0 Å². The third-order valence-electron chi connectivity index (χ3n) is 2.03. The van der Waals surface area contributed by atoms with E-state index in [1.54, 1.807) is 11.3 Å². The van der Waals surface area contributed by atoms with Crippen molar-refractivity contribution in [3.63, 3.8) is 0 Å². The summed E-state index contributed by atoms with van der Waals surface area (Å²) in [6, 6.07) is 4.10. The number of hydrogen-bond donors (Lipinski definition) is 1. The van der Waals surface area contributed by atoms with Gasteiger partial charge >= 0.3 is 0 Å². The summed E-state index contributed by atoms with van der Waals surface area (Å²) in [6.07, 6.45) is 0. The van der Waals surface area contributed by atoms with E-state index in [1.807, 2.05) is 23.9 Å². The average molecular weight is 219 g/mol. The maximum absolute atomic E-state index is 4.40. The molecule has 3 nitrogen and oxygen atoms in total. The van der Waals surface area contributed by atoms with E-state index in [9.17, 15) is 0 Å². The van der Waals surface area contributed by atoms with Crippen molar-refractivity contribution in [2.75, 3.05) is 5.32 Å². The molecular weight excluding hydrogens is 206 g/mol. The van der Waals surface area contributed by atoms with Gasteiger partial charge in [0, 0.05) is 11.1 Å². The van der Waals surface area contributed by atoms with Gasteiger partial charge in [-0.3, -0.25) is 0 Å². The first-order chi connectivity index (χ1) is 7.24. The Hall–Kier alpha value is -1.42. The average Bonchev–Trinajstić information content (AvgIpc) is 2.65. The Morgan fingerprint density at radius 2 is 2.20 bits per heavy atom. The fourth-order valence-corrected chi connectivity index (χ4v) is 2.00. The number of thiazole rings is 1. The van der Waals surface area contributed by atoms with Crippen LogP contribution in [0.2, 0.25) is 0 Å². The molecule has 1 N–H and O–H groups in total. The molecule has 0 atom stereocenters. The molecule has 0 saturated carbocycles. The number of anilines is 1. The van der Waals surface area contributed by atoms with Crippen molar-refractivity contribution in [3.8, 4) is 0 Å². The van der Waals surface area contributed by atoms with Crippen LogP contribution in [0.5, 0.6) is 0 Å². The first-order valence-corrected chi connectivity index (χ1v) is 5.74. The summed E-state index contributed by atoms with van der Waals surface area (Å²) in [5.41, 5.74) is 5.16. The Bertz CT molecular complexity index is 417. The molecule has 0 spiro atoms. The molecule has 2 aromatic rings. The normalized spacial score (nSPS) is 10.3. The highest BCUT2D eigenvalue weighted by atomic mass is 32.1. The van der Waals surface area contributed by atoms with Crippen molar-refractivity contribution < 1.29 is 0 Å². The molecule has 0 radical (unpaired) electrons. The lowest BCUT2D eigenvalue weighted by molar-refractivity contribution is 1.04. The van der Waals surface area contributed by atoms with E-state index in [1.165, 1.54) is 5.56 Å². The summed E-state index contributed by atoms with van der Waals surface area (Å²) >= 11 is 1.61. The summed E-state index contributed by atoms with van der Waals surface area (Å²) < 4.78 is 0. The van der Waals surface area contributed by atoms with E-state index < -0.39 is 0 Å². The predicted octanol–water partition coefficient (Wildman–Crippen LogP) is 2.77. The van der Waals surface area contributed by atoms with Crippen molar-refractivity contribution in [2.24, 2.45) is 0 Å². The maximum Gasteiger partial charge on any atom is 0.126 e. The molecule has 4 heteroatoms. The van der Waals surface area contributed by atoms with Gasteiger partial charge in [-0.1, -0.05) is 0 Å². The predicted molar refractivity (Wildman–Crippen MR) is 63.2 cm³/mol. The molecule has 0 fully saturated rings. The number of aromatic nitrogens is 2. The zero-order valence-corrected chi connectivity index (χ0v) is 9.64. The Kier molecular flexibility index (Phi) is 2.97. The summed E-state index contributed by atoms with van der Waals surface area (Å²) in [5, 5.41) is 5.30. The minimum Gasteiger partial charge on any atom is -0.364 e. The molecule has 15 heavy (non-hydrogen) atoms. The van der Waals surface area contributed by atoms with Gasteiger partial charge < -0.3 is 5.32 Å². The molecule has 0 aromatic carbocycles. The van der Waals surface area contributed by atoms with Gasteiger partial charge in [-0.25, -0.2) is 9.97 Å². The van der Waals surface area contributed by atoms with Gasteiger partial charge in [0.05, 0.1) is 17.7 Å². The Morgan fingerprint density at radius 1 is 1.33 bits per heavy atom. The largest absolute Gasteiger partial charge is 0.364 e. The van der Waals surface area contributed by atoms with Gasteiger partial charge in [0.25, 0.3) is 0 Å². The molecule has 0 amide bonds.